The molecule has 13 heteroatoms. The monoisotopic (exact) mass is 481 g/mol. The summed E-state index contributed by atoms with van der Waals surface area (Å²) in [6, 6.07) is 3.85. The summed E-state index contributed by atoms with van der Waals surface area (Å²) in [6.07, 6.45) is -1.78. The van der Waals surface area contributed by atoms with Gasteiger partial charge in [-0.25, -0.2) is 0 Å². The molecule has 0 aliphatic rings. The van der Waals surface area contributed by atoms with Crippen molar-refractivity contribution in [1.82, 2.24) is 14.8 Å². The van der Waals surface area contributed by atoms with Gasteiger partial charge in [-0.05, 0) is 26.0 Å². The van der Waals surface area contributed by atoms with Crippen molar-refractivity contribution in [1.29, 1.82) is 0 Å². The zero-order valence-electron chi connectivity index (χ0n) is 17.4. The number of hydrogen-bond donors (Lipinski definition) is 1. The van der Waals surface area contributed by atoms with Gasteiger partial charge in [-0.3, -0.25) is 19.5 Å². The third kappa shape index (κ3) is 5.25. The van der Waals surface area contributed by atoms with Crippen LogP contribution in [0.15, 0.2) is 52.8 Å². The molecule has 0 saturated heterocycles. The molecule has 1 amide bonds. The Hall–Kier alpha value is -3.61. The van der Waals surface area contributed by atoms with Gasteiger partial charge < -0.3 is 9.73 Å². The van der Waals surface area contributed by atoms with E-state index >= 15 is 0 Å². The Kier molecular flexibility index (Phi) is 6.91. The summed E-state index contributed by atoms with van der Waals surface area (Å²) in [6.45, 7) is 7.28. The SMILES string of the molecule is C=CCn1c(SC(C)C(=O)Nc2ccc([N+](=O)[O-])cc2C(F)(F)F)nnc1-c1ccoc1C. The number of rotatable bonds is 8. The van der Waals surface area contributed by atoms with Crippen LogP contribution in [0.3, 0.4) is 0 Å². The number of aromatic nitrogens is 3. The molecule has 0 saturated carbocycles. The Balaban J connectivity index is 1.84. The third-order valence-electron chi connectivity index (χ3n) is 4.56. The second-order valence-electron chi connectivity index (χ2n) is 6.83. The number of hydrogen-bond acceptors (Lipinski definition) is 7. The predicted molar refractivity (Wildman–Crippen MR) is 115 cm³/mol. The van der Waals surface area contributed by atoms with Gasteiger partial charge in [0, 0.05) is 18.7 Å². The third-order valence-corrected chi connectivity index (χ3v) is 5.64. The number of aryl methyl sites for hydroxylation is 1. The maximum atomic E-state index is 13.4. The van der Waals surface area contributed by atoms with Crippen LogP contribution in [0.1, 0.15) is 18.2 Å². The molecule has 9 nitrogen and oxygen atoms in total. The minimum absolute atomic E-state index is 0.324. The predicted octanol–water partition coefficient (Wildman–Crippen LogP) is 5.08. The quantitative estimate of drug-likeness (QED) is 0.206. The summed E-state index contributed by atoms with van der Waals surface area (Å²) < 4.78 is 47.1. The lowest BCUT2D eigenvalue weighted by molar-refractivity contribution is -0.385. The van der Waals surface area contributed by atoms with Gasteiger partial charge in [0.2, 0.25) is 5.91 Å². The van der Waals surface area contributed by atoms with Crippen molar-refractivity contribution in [2.45, 2.75) is 37.0 Å². The molecule has 0 aliphatic heterocycles. The van der Waals surface area contributed by atoms with Crippen molar-refractivity contribution in [3.8, 4) is 11.4 Å². The molecule has 3 aromatic rings. The standard InChI is InChI=1S/C20H18F3N5O4S/c1-4-8-27-17(14-7-9-32-11(14)2)25-26-19(27)33-12(3)18(29)24-16-6-5-13(28(30)31)10-15(16)20(21,22)23/h4-7,9-10,12H,1,8H2,2-3H3,(H,24,29). The zero-order chi connectivity index (χ0) is 24.3. The van der Waals surface area contributed by atoms with E-state index in [-0.39, 0.29) is 0 Å². The van der Waals surface area contributed by atoms with E-state index in [1.165, 1.54) is 13.2 Å². The van der Waals surface area contributed by atoms with E-state index < -0.39 is 39.2 Å². The topological polar surface area (TPSA) is 116 Å². The van der Waals surface area contributed by atoms with Crippen LogP contribution >= 0.6 is 11.8 Å². The summed E-state index contributed by atoms with van der Waals surface area (Å²) in [4.78, 5) is 22.5. The van der Waals surface area contributed by atoms with Crippen molar-refractivity contribution in [2.75, 3.05) is 5.32 Å². The van der Waals surface area contributed by atoms with E-state index in [1.54, 1.807) is 23.6 Å². The second kappa shape index (κ2) is 9.48. The average molecular weight is 481 g/mol. The number of nitro benzene ring substituents is 1. The number of non-ortho nitro benzene ring substituents is 1. The van der Waals surface area contributed by atoms with Crippen LogP contribution < -0.4 is 5.32 Å². The van der Waals surface area contributed by atoms with E-state index in [0.717, 1.165) is 23.9 Å². The Morgan fingerprint density at radius 2 is 2.12 bits per heavy atom. The summed E-state index contributed by atoms with van der Waals surface area (Å²) in [5.41, 5.74) is -1.92. The summed E-state index contributed by atoms with van der Waals surface area (Å²) in [5.74, 6) is 0.368. The number of furan rings is 1. The second-order valence-corrected chi connectivity index (χ2v) is 8.14. The first-order valence-corrected chi connectivity index (χ1v) is 10.3. The smallest absolute Gasteiger partial charge is 0.418 e. The highest BCUT2D eigenvalue weighted by Crippen LogP contribution is 2.37. The molecule has 0 fully saturated rings. The fourth-order valence-electron chi connectivity index (χ4n) is 2.92. The van der Waals surface area contributed by atoms with Crippen LogP contribution in [-0.2, 0) is 17.5 Å². The van der Waals surface area contributed by atoms with Gasteiger partial charge in [0.15, 0.2) is 11.0 Å². The van der Waals surface area contributed by atoms with E-state index in [9.17, 15) is 28.1 Å². The normalized spacial score (nSPS) is 12.4. The molecule has 1 aromatic carbocycles. The van der Waals surface area contributed by atoms with E-state index in [4.69, 9.17) is 4.42 Å². The van der Waals surface area contributed by atoms with Crippen LogP contribution in [0.2, 0.25) is 0 Å². The maximum absolute atomic E-state index is 13.4. The highest BCUT2D eigenvalue weighted by atomic mass is 32.2. The molecule has 0 bridgehead atoms. The molecular formula is C20H18F3N5O4S. The highest BCUT2D eigenvalue weighted by molar-refractivity contribution is 8.00. The molecule has 2 heterocycles. The van der Waals surface area contributed by atoms with Gasteiger partial charge in [-0.2, -0.15) is 13.2 Å². The van der Waals surface area contributed by atoms with Gasteiger partial charge in [0.1, 0.15) is 5.76 Å². The van der Waals surface area contributed by atoms with Gasteiger partial charge in [0.25, 0.3) is 5.69 Å². The number of thioether (sulfide) groups is 1. The molecule has 0 spiro atoms. The summed E-state index contributed by atoms with van der Waals surface area (Å²) in [7, 11) is 0. The molecule has 3 rings (SSSR count). The van der Waals surface area contributed by atoms with Crippen LogP contribution in [0, 0.1) is 17.0 Å². The van der Waals surface area contributed by atoms with Crippen molar-refractivity contribution in [3.63, 3.8) is 0 Å². The van der Waals surface area contributed by atoms with Crippen molar-refractivity contribution >= 4 is 29.0 Å². The van der Waals surface area contributed by atoms with Crippen molar-refractivity contribution < 1.29 is 27.3 Å². The molecule has 0 radical (unpaired) electrons. The number of nitro groups is 1. The molecular weight excluding hydrogens is 463 g/mol. The minimum Gasteiger partial charge on any atom is -0.469 e. The number of alkyl halides is 3. The maximum Gasteiger partial charge on any atom is 0.418 e. The lowest BCUT2D eigenvalue weighted by Gasteiger charge is -2.16. The van der Waals surface area contributed by atoms with Gasteiger partial charge in [0.05, 0.1) is 33.3 Å². The van der Waals surface area contributed by atoms with Crippen LogP contribution in [0.4, 0.5) is 24.5 Å². The lowest BCUT2D eigenvalue weighted by atomic mass is 10.1. The van der Waals surface area contributed by atoms with Crippen molar-refractivity contribution in [2.24, 2.45) is 0 Å². The Morgan fingerprint density at radius 3 is 2.70 bits per heavy atom. The fourth-order valence-corrected chi connectivity index (χ4v) is 3.78. The molecule has 0 aliphatic carbocycles. The number of allylic oxidation sites excluding steroid dienone is 1. The van der Waals surface area contributed by atoms with Gasteiger partial charge >= 0.3 is 6.18 Å². The van der Waals surface area contributed by atoms with Crippen molar-refractivity contribution in [3.05, 3.63) is 64.6 Å². The zero-order valence-corrected chi connectivity index (χ0v) is 18.2. The average Bonchev–Trinajstić information content (AvgIpc) is 3.33. The van der Waals surface area contributed by atoms with E-state index in [1.807, 2.05) is 0 Å². The Morgan fingerprint density at radius 1 is 1.39 bits per heavy atom. The Bertz CT molecular complexity index is 1200. The minimum atomic E-state index is -4.90. The first kappa shape index (κ1) is 24.0. The number of carbonyl (C=O) groups is 1. The molecule has 33 heavy (non-hydrogen) atoms. The highest BCUT2D eigenvalue weighted by Gasteiger charge is 2.36. The molecule has 1 N–H and O–H groups in total. The molecule has 1 atom stereocenters. The number of nitrogens with zero attached hydrogens (tertiary/aromatic N) is 4. The number of amides is 1. The molecule has 2 aromatic heterocycles. The summed E-state index contributed by atoms with van der Waals surface area (Å²) >= 11 is 0.992. The molecule has 174 valence electrons. The lowest BCUT2D eigenvalue weighted by Crippen LogP contribution is -2.24. The largest absolute Gasteiger partial charge is 0.469 e. The van der Waals surface area contributed by atoms with E-state index in [0.29, 0.717) is 34.9 Å². The number of nitrogens with one attached hydrogen (secondary N) is 1. The number of carbonyl (C=O) groups excluding carboxylic acids is 1. The number of benzene rings is 1. The van der Waals surface area contributed by atoms with Gasteiger partial charge in [-0.1, -0.05) is 17.8 Å². The first-order valence-electron chi connectivity index (χ1n) is 9.44. The van der Waals surface area contributed by atoms with Gasteiger partial charge in [-0.15, -0.1) is 16.8 Å². The van der Waals surface area contributed by atoms with Crippen LogP contribution in [0.25, 0.3) is 11.4 Å². The number of halogens is 3. The fraction of sp³-hybridized carbons (Fsp3) is 0.250. The van der Waals surface area contributed by atoms with Crippen LogP contribution in [-0.4, -0.2) is 30.8 Å². The molecule has 1 unspecified atom stereocenters. The summed E-state index contributed by atoms with van der Waals surface area (Å²) in [5, 5.41) is 20.8. The number of anilines is 1. The van der Waals surface area contributed by atoms with Crippen LogP contribution in [0.5, 0.6) is 0 Å². The van der Waals surface area contributed by atoms with E-state index in [2.05, 4.69) is 22.1 Å². The first-order chi connectivity index (χ1) is 15.5. The Labute approximate surface area is 189 Å².